The monoisotopic (exact) mass is 470 g/mol. The van der Waals surface area contributed by atoms with E-state index in [2.05, 4.69) is 5.43 Å². The van der Waals surface area contributed by atoms with Gasteiger partial charge in [-0.1, -0.05) is 48.2 Å². The summed E-state index contributed by atoms with van der Waals surface area (Å²) >= 11 is 7.63. The lowest BCUT2D eigenvalue weighted by Gasteiger charge is -2.14. The van der Waals surface area contributed by atoms with Crippen molar-refractivity contribution in [3.05, 3.63) is 92.8 Å². The second-order valence-corrected chi connectivity index (χ2v) is 9.01. The fourth-order valence-corrected chi connectivity index (χ4v) is 4.51. The van der Waals surface area contributed by atoms with Crippen LogP contribution >= 0.6 is 35.3 Å². The van der Waals surface area contributed by atoms with Gasteiger partial charge in [-0.15, -0.1) is 11.3 Å². The molecule has 0 bridgehead atoms. The van der Waals surface area contributed by atoms with E-state index in [0.717, 1.165) is 22.3 Å². The molecule has 156 valence electrons. The zero-order valence-corrected chi connectivity index (χ0v) is 18.4. The summed E-state index contributed by atoms with van der Waals surface area (Å²) in [6, 6.07) is 16.9. The molecule has 2 heterocycles. The third-order valence-electron chi connectivity index (χ3n) is 4.28. The molecule has 3 aromatic rings. The lowest BCUT2D eigenvalue weighted by atomic mass is 10.2. The normalized spacial score (nSPS) is 14.9. The summed E-state index contributed by atoms with van der Waals surface area (Å²) in [4.78, 5) is 25.8. The van der Waals surface area contributed by atoms with Crippen LogP contribution in [0.5, 0.6) is 5.75 Å². The lowest BCUT2D eigenvalue weighted by Crippen LogP contribution is -2.44. The number of rotatable bonds is 6. The van der Waals surface area contributed by atoms with Gasteiger partial charge >= 0.3 is 0 Å². The first-order valence-corrected chi connectivity index (χ1v) is 11.2. The number of benzene rings is 2. The molecule has 0 aliphatic carbocycles. The van der Waals surface area contributed by atoms with Crippen molar-refractivity contribution >= 4 is 57.5 Å². The molecule has 1 aliphatic heterocycles. The molecule has 1 N–H and O–H groups in total. The number of thiocarbonyl (C=S) groups is 1. The fraction of sp³-hybridized carbons (Fsp3) is 0.0455. The minimum Gasteiger partial charge on any atom is -0.489 e. The molecule has 4 rings (SSSR count). The third-order valence-corrected chi connectivity index (χ3v) is 6.45. The van der Waals surface area contributed by atoms with Gasteiger partial charge in [0.2, 0.25) is 0 Å². The molecule has 1 saturated heterocycles. The maximum atomic E-state index is 13.7. The highest BCUT2D eigenvalue weighted by molar-refractivity contribution is 8.26. The number of carbonyl (C=O) groups excluding carboxylic acids is 2. The van der Waals surface area contributed by atoms with Crippen LogP contribution in [0.25, 0.3) is 6.08 Å². The molecule has 1 fully saturated rings. The first-order valence-electron chi connectivity index (χ1n) is 9.10. The van der Waals surface area contributed by atoms with Crippen LogP contribution in [0.4, 0.5) is 4.39 Å². The van der Waals surface area contributed by atoms with Gasteiger partial charge in [-0.25, -0.2) is 4.39 Å². The second kappa shape index (κ2) is 9.42. The Kier molecular flexibility index (Phi) is 6.45. The number of nitrogens with one attached hydrogen (secondary N) is 1. The van der Waals surface area contributed by atoms with E-state index in [1.807, 2.05) is 0 Å². The molecule has 0 unspecified atom stereocenters. The van der Waals surface area contributed by atoms with E-state index in [-0.39, 0.29) is 28.6 Å². The molecule has 0 atom stereocenters. The van der Waals surface area contributed by atoms with Crippen molar-refractivity contribution in [1.29, 1.82) is 0 Å². The summed E-state index contributed by atoms with van der Waals surface area (Å²) in [5.41, 5.74) is 3.78. The Labute approximate surface area is 191 Å². The van der Waals surface area contributed by atoms with E-state index in [0.29, 0.717) is 21.1 Å². The summed E-state index contributed by atoms with van der Waals surface area (Å²) in [6.45, 7) is 0.120. The van der Waals surface area contributed by atoms with Gasteiger partial charge in [0.05, 0.1) is 9.78 Å². The number of hydrogen-bond acceptors (Lipinski definition) is 6. The van der Waals surface area contributed by atoms with Crippen molar-refractivity contribution in [3.63, 3.8) is 0 Å². The number of ether oxygens (including phenoxy) is 1. The average molecular weight is 471 g/mol. The zero-order chi connectivity index (χ0) is 21.8. The van der Waals surface area contributed by atoms with Gasteiger partial charge in [-0.2, -0.15) is 5.01 Å². The van der Waals surface area contributed by atoms with Gasteiger partial charge in [0.1, 0.15) is 18.2 Å². The zero-order valence-electron chi connectivity index (χ0n) is 15.9. The highest BCUT2D eigenvalue weighted by atomic mass is 32.2. The number of amides is 2. The number of hydrogen-bond donors (Lipinski definition) is 1. The molecular weight excluding hydrogens is 455 g/mol. The average Bonchev–Trinajstić information content (AvgIpc) is 3.39. The van der Waals surface area contributed by atoms with E-state index >= 15 is 0 Å². The smallest absolute Gasteiger partial charge is 0.285 e. The predicted molar refractivity (Wildman–Crippen MR) is 124 cm³/mol. The highest BCUT2D eigenvalue weighted by Gasteiger charge is 2.33. The minimum atomic E-state index is -0.389. The molecule has 5 nitrogen and oxygen atoms in total. The largest absolute Gasteiger partial charge is 0.489 e. The number of thioether (sulfide) groups is 1. The van der Waals surface area contributed by atoms with Gasteiger partial charge < -0.3 is 4.74 Å². The maximum absolute atomic E-state index is 13.7. The van der Waals surface area contributed by atoms with E-state index in [1.54, 1.807) is 66.1 Å². The second-order valence-electron chi connectivity index (χ2n) is 6.38. The SMILES string of the molecule is O=C(NN1C(=O)/C(=C\c2ccc(OCc3ccccc3F)cc2)SC1=S)c1cccs1. The number of carbonyl (C=O) groups is 2. The van der Waals surface area contributed by atoms with Crippen LogP contribution in [0.1, 0.15) is 20.8 Å². The Morgan fingerprint density at radius 2 is 1.90 bits per heavy atom. The van der Waals surface area contributed by atoms with Crippen molar-refractivity contribution in [2.24, 2.45) is 0 Å². The standard InChI is InChI=1S/C22H15FN2O3S3/c23-17-5-2-1-4-15(17)13-28-16-9-7-14(8-10-16)12-19-21(27)25(22(29)31-19)24-20(26)18-6-3-11-30-18/h1-12H,13H2,(H,24,26)/b19-12+. The van der Waals surface area contributed by atoms with Gasteiger partial charge in [-0.3, -0.25) is 15.0 Å². The molecule has 2 aromatic carbocycles. The summed E-state index contributed by atoms with van der Waals surface area (Å²) < 4.78 is 19.6. The fourth-order valence-electron chi connectivity index (χ4n) is 2.72. The topological polar surface area (TPSA) is 58.6 Å². The summed E-state index contributed by atoms with van der Waals surface area (Å²) in [6.07, 6.45) is 1.69. The minimum absolute atomic E-state index is 0.120. The Hall–Kier alpha value is -3.01. The Morgan fingerprint density at radius 1 is 1.13 bits per heavy atom. The van der Waals surface area contributed by atoms with E-state index in [9.17, 15) is 14.0 Å². The highest BCUT2D eigenvalue weighted by Crippen LogP contribution is 2.32. The van der Waals surface area contributed by atoms with Crippen molar-refractivity contribution in [2.75, 3.05) is 0 Å². The molecule has 1 aromatic heterocycles. The van der Waals surface area contributed by atoms with Gasteiger partial charge in [0, 0.05) is 5.56 Å². The molecular formula is C22H15FN2O3S3. The van der Waals surface area contributed by atoms with E-state index in [1.165, 1.54) is 17.4 Å². The van der Waals surface area contributed by atoms with Gasteiger partial charge in [-0.05, 0) is 53.5 Å². The lowest BCUT2D eigenvalue weighted by molar-refractivity contribution is -0.123. The van der Waals surface area contributed by atoms with Crippen molar-refractivity contribution in [2.45, 2.75) is 6.61 Å². The molecule has 2 amide bonds. The van der Waals surface area contributed by atoms with Crippen LogP contribution in [0, 0.1) is 5.82 Å². The number of thiophene rings is 1. The summed E-state index contributed by atoms with van der Waals surface area (Å²) in [7, 11) is 0. The van der Waals surface area contributed by atoms with Crippen LogP contribution in [-0.4, -0.2) is 21.1 Å². The van der Waals surface area contributed by atoms with Crippen LogP contribution < -0.4 is 10.2 Å². The molecule has 1 aliphatic rings. The van der Waals surface area contributed by atoms with Crippen LogP contribution in [0.15, 0.2) is 70.9 Å². The maximum Gasteiger partial charge on any atom is 0.285 e. The predicted octanol–water partition coefficient (Wildman–Crippen LogP) is 5.01. The molecule has 9 heteroatoms. The van der Waals surface area contributed by atoms with Crippen LogP contribution in [-0.2, 0) is 11.4 Å². The molecule has 0 radical (unpaired) electrons. The van der Waals surface area contributed by atoms with Crippen molar-refractivity contribution in [3.8, 4) is 5.75 Å². The van der Waals surface area contributed by atoms with E-state index in [4.69, 9.17) is 17.0 Å². The Morgan fingerprint density at radius 3 is 2.61 bits per heavy atom. The summed E-state index contributed by atoms with van der Waals surface area (Å²) in [5.74, 6) is -0.507. The number of nitrogens with zero attached hydrogens (tertiary/aromatic N) is 1. The third kappa shape index (κ3) is 5.01. The summed E-state index contributed by atoms with van der Waals surface area (Å²) in [5, 5.41) is 2.86. The molecule has 0 spiro atoms. The first kappa shape index (κ1) is 21.2. The Balaban J connectivity index is 1.40. The van der Waals surface area contributed by atoms with Crippen molar-refractivity contribution < 1.29 is 18.7 Å². The number of halogens is 1. The number of hydrazine groups is 1. The van der Waals surface area contributed by atoms with Crippen LogP contribution in [0.3, 0.4) is 0 Å². The molecule has 0 saturated carbocycles. The first-order chi connectivity index (χ1) is 15.0. The van der Waals surface area contributed by atoms with Crippen molar-refractivity contribution in [1.82, 2.24) is 10.4 Å². The van der Waals surface area contributed by atoms with Gasteiger partial charge in [0.15, 0.2) is 4.32 Å². The Bertz CT molecular complexity index is 1160. The quantitative estimate of drug-likeness (QED) is 0.405. The van der Waals surface area contributed by atoms with E-state index < -0.39 is 0 Å². The van der Waals surface area contributed by atoms with Crippen LogP contribution in [0.2, 0.25) is 0 Å². The molecule has 31 heavy (non-hydrogen) atoms. The van der Waals surface area contributed by atoms with Gasteiger partial charge in [0.25, 0.3) is 11.8 Å².